The van der Waals surface area contributed by atoms with Crippen molar-refractivity contribution in [2.24, 2.45) is 17.8 Å². The highest BCUT2D eigenvalue weighted by Gasteiger charge is 2.42. The summed E-state index contributed by atoms with van der Waals surface area (Å²) >= 11 is 0. The van der Waals surface area contributed by atoms with E-state index in [-0.39, 0.29) is 18.6 Å². The molecule has 4 rings (SSSR count). The van der Waals surface area contributed by atoms with E-state index >= 15 is 0 Å². The number of fused-ring (bicyclic) bond motifs is 3. The summed E-state index contributed by atoms with van der Waals surface area (Å²) in [5.41, 5.74) is 0.818. The van der Waals surface area contributed by atoms with E-state index in [4.69, 9.17) is 4.74 Å². The third-order valence-electron chi connectivity index (χ3n) is 5.67. The van der Waals surface area contributed by atoms with Gasteiger partial charge in [0, 0.05) is 6.04 Å². The molecule has 0 spiro atoms. The highest BCUT2D eigenvalue weighted by Crippen LogP contribution is 2.49. The minimum atomic E-state index is -0.0760. The maximum atomic E-state index is 12.2. The molecule has 4 atom stereocenters. The molecule has 1 aromatic heterocycles. The van der Waals surface area contributed by atoms with E-state index in [1.54, 1.807) is 0 Å². The largest absolute Gasteiger partial charge is 0.467 e. The average Bonchev–Trinajstić information content (AvgIpc) is 3.23. The van der Waals surface area contributed by atoms with Gasteiger partial charge in [0.15, 0.2) is 6.61 Å². The van der Waals surface area contributed by atoms with Crippen LogP contribution in [0.25, 0.3) is 10.9 Å². The summed E-state index contributed by atoms with van der Waals surface area (Å²) in [6.45, 7) is 2.12. The number of benzene rings is 1. The van der Waals surface area contributed by atoms with E-state index in [9.17, 15) is 4.79 Å². The molecule has 2 bridgehead atoms. The summed E-state index contributed by atoms with van der Waals surface area (Å²) in [6.07, 6.45) is 6.80. The summed E-state index contributed by atoms with van der Waals surface area (Å²) in [5.74, 6) is 2.71. The second-order valence-electron chi connectivity index (χ2n) is 7.18. The molecule has 24 heavy (non-hydrogen) atoms. The van der Waals surface area contributed by atoms with Gasteiger partial charge < -0.3 is 10.1 Å². The van der Waals surface area contributed by atoms with Crippen LogP contribution >= 0.6 is 0 Å². The first-order valence-corrected chi connectivity index (χ1v) is 8.82. The Bertz CT molecular complexity index is 743. The predicted molar refractivity (Wildman–Crippen MR) is 91.6 cm³/mol. The van der Waals surface area contributed by atoms with Crippen LogP contribution in [0, 0.1) is 17.8 Å². The number of ether oxygens (including phenoxy) is 1. The molecule has 1 amide bonds. The Morgan fingerprint density at radius 3 is 2.96 bits per heavy atom. The predicted octanol–water partition coefficient (Wildman–Crippen LogP) is 2.95. The molecule has 2 fully saturated rings. The van der Waals surface area contributed by atoms with E-state index in [0.29, 0.717) is 11.8 Å². The fourth-order valence-electron chi connectivity index (χ4n) is 4.54. The van der Waals surface area contributed by atoms with Gasteiger partial charge in [0.2, 0.25) is 5.88 Å². The van der Waals surface area contributed by atoms with Crippen LogP contribution in [0.2, 0.25) is 0 Å². The van der Waals surface area contributed by atoms with E-state index in [0.717, 1.165) is 22.7 Å². The number of nitrogens with one attached hydrogen (secondary N) is 1. The Morgan fingerprint density at radius 2 is 2.17 bits per heavy atom. The van der Waals surface area contributed by atoms with Crippen molar-refractivity contribution in [2.45, 2.75) is 38.6 Å². The highest BCUT2D eigenvalue weighted by molar-refractivity contribution is 5.84. The van der Waals surface area contributed by atoms with Crippen LogP contribution in [0.5, 0.6) is 5.88 Å². The van der Waals surface area contributed by atoms with Crippen LogP contribution in [0.15, 0.2) is 30.6 Å². The number of nitrogens with zero attached hydrogens (tertiary/aromatic N) is 2. The lowest BCUT2D eigenvalue weighted by Gasteiger charge is -2.28. The van der Waals surface area contributed by atoms with Gasteiger partial charge in [0.1, 0.15) is 6.33 Å². The minimum absolute atomic E-state index is 0.00777. The molecular formula is C19H23N3O2. The standard InChI is InChI=1S/C19H23N3O2/c1-12(16-9-13-6-7-14(16)8-13)22-18(23)10-24-19-15-4-2-3-5-17(15)20-11-21-19/h2-5,11-14,16H,6-10H2,1H3,(H,22,23)/t12-,13-,14-,16-/m0/s1. The van der Waals surface area contributed by atoms with E-state index in [1.165, 1.54) is 32.0 Å². The molecule has 5 heteroatoms. The molecule has 0 radical (unpaired) electrons. The van der Waals surface area contributed by atoms with Gasteiger partial charge in [0.25, 0.3) is 5.91 Å². The smallest absolute Gasteiger partial charge is 0.258 e. The van der Waals surface area contributed by atoms with Gasteiger partial charge in [-0.15, -0.1) is 0 Å². The van der Waals surface area contributed by atoms with Crippen LogP contribution < -0.4 is 10.1 Å². The zero-order chi connectivity index (χ0) is 16.5. The average molecular weight is 325 g/mol. The van der Waals surface area contributed by atoms with Crippen molar-refractivity contribution in [3.05, 3.63) is 30.6 Å². The molecule has 0 aliphatic heterocycles. The molecule has 1 heterocycles. The van der Waals surface area contributed by atoms with E-state index in [2.05, 4.69) is 22.2 Å². The first kappa shape index (κ1) is 15.4. The topological polar surface area (TPSA) is 64.1 Å². The van der Waals surface area contributed by atoms with Crippen LogP contribution in [-0.4, -0.2) is 28.5 Å². The summed E-state index contributed by atoms with van der Waals surface area (Å²) in [7, 11) is 0. The minimum Gasteiger partial charge on any atom is -0.467 e. The Hall–Kier alpha value is -2.17. The van der Waals surface area contributed by atoms with Crippen molar-refractivity contribution in [2.75, 3.05) is 6.61 Å². The fraction of sp³-hybridized carbons (Fsp3) is 0.526. The Morgan fingerprint density at radius 1 is 1.29 bits per heavy atom. The van der Waals surface area contributed by atoms with Gasteiger partial charge in [-0.3, -0.25) is 4.79 Å². The molecule has 126 valence electrons. The molecule has 2 aromatic rings. The van der Waals surface area contributed by atoms with Gasteiger partial charge in [0.05, 0.1) is 10.9 Å². The van der Waals surface area contributed by atoms with Crippen molar-refractivity contribution in [3.63, 3.8) is 0 Å². The molecule has 2 aliphatic rings. The molecule has 0 saturated heterocycles. The molecule has 2 aliphatic carbocycles. The van der Waals surface area contributed by atoms with Crippen LogP contribution in [0.4, 0.5) is 0 Å². The second-order valence-corrected chi connectivity index (χ2v) is 7.18. The van der Waals surface area contributed by atoms with Crippen LogP contribution in [-0.2, 0) is 4.79 Å². The first-order valence-electron chi connectivity index (χ1n) is 8.82. The monoisotopic (exact) mass is 325 g/mol. The zero-order valence-corrected chi connectivity index (χ0v) is 13.9. The lowest BCUT2D eigenvalue weighted by atomic mass is 9.84. The second kappa shape index (κ2) is 6.38. The molecule has 5 nitrogen and oxygen atoms in total. The SMILES string of the molecule is C[C@H](NC(=O)COc1ncnc2ccccc12)[C@@H]1C[C@H]2CC[C@H]1C2. The third kappa shape index (κ3) is 2.95. The number of hydrogen-bond donors (Lipinski definition) is 1. The molecule has 0 unspecified atom stereocenters. The van der Waals surface area contributed by atoms with E-state index < -0.39 is 0 Å². The molecule has 1 aromatic carbocycles. The number of amides is 1. The van der Waals surface area contributed by atoms with Gasteiger partial charge in [-0.05, 0) is 56.1 Å². The maximum Gasteiger partial charge on any atom is 0.258 e. The van der Waals surface area contributed by atoms with Crippen LogP contribution in [0.1, 0.15) is 32.6 Å². The third-order valence-corrected chi connectivity index (χ3v) is 5.67. The Labute approximate surface area is 141 Å². The fourth-order valence-corrected chi connectivity index (χ4v) is 4.54. The lowest BCUT2D eigenvalue weighted by molar-refractivity contribution is -0.124. The Kier molecular flexibility index (Phi) is 4.08. The van der Waals surface area contributed by atoms with Gasteiger partial charge >= 0.3 is 0 Å². The zero-order valence-electron chi connectivity index (χ0n) is 13.9. The molecule has 2 saturated carbocycles. The number of rotatable bonds is 5. The normalized spacial score (nSPS) is 26.5. The first-order chi connectivity index (χ1) is 11.7. The molecular weight excluding hydrogens is 302 g/mol. The van der Waals surface area contributed by atoms with Gasteiger partial charge in [-0.25, -0.2) is 9.97 Å². The highest BCUT2D eigenvalue weighted by atomic mass is 16.5. The van der Waals surface area contributed by atoms with Crippen molar-refractivity contribution < 1.29 is 9.53 Å². The van der Waals surface area contributed by atoms with Gasteiger partial charge in [-0.2, -0.15) is 0 Å². The van der Waals surface area contributed by atoms with E-state index in [1.807, 2.05) is 24.3 Å². The number of para-hydroxylation sites is 1. The van der Waals surface area contributed by atoms with Crippen molar-refractivity contribution in [1.82, 2.24) is 15.3 Å². The van der Waals surface area contributed by atoms with Crippen molar-refractivity contribution in [1.29, 1.82) is 0 Å². The number of carbonyl (C=O) groups excluding carboxylic acids is 1. The molecule has 1 N–H and O–H groups in total. The van der Waals surface area contributed by atoms with Crippen molar-refractivity contribution in [3.8, 4) is 5.88 Å². The Balaban J connectivity index is 1.34. The summed E-state index contributed by atoms with van der Waals surface area (Å²) in [4.78, 5) is 20.6. The van der Waals surface area contributed by atoms with Crippen molar-refractivity contribution >= 4 is 16.8 Å². The lowest BCUT2D eigenvalue weighted by Crippen LogP contribution is -2.42. The number of aromatic nitrogens is 2. The number of carbonyl (C=O) groups is 1. The summed E-state index contributed by atoms with van der Waals surface area (Å²) in [6, 6.07) is 7.86. The number of hydrogen-bond acceptors (Lipinski definition) is 4. The van der Waals surface area contributed by atoms with Crippen LogP contribution in [0.3, 0.4) is 0 Å². The summed E-state index contributed by atoms with van der Waals surface area (Å²) in [5, 5.41) is 3.95. The van der Waals surface area contributed by atoms with Gasteiger partial charge in [-0.1, -0.05) is 18.6 Å². The maximum absolute atomic E-state index is 12.2. The summed E-state index contributed by atoms with van der Waals surface area (Å²) < 4.78 is 5.64. The quantitative estimate of drug-likeness (QED) is 0.918.